The molecule has 1 heterocycles. The molecule has 0 aliphatic heterocycles. The van der Waals surface area contributed by atoms with Crippen LogP contribution < -0.4 is 10.5 Å². The van der Waals surface area contributed by atoms with Crippen molar-refractivity contribution in [3.05, 3.63) is 18.1 Å². The summed E-state index contributed by atoms with van der Waals surface area (Å²) in [6.07, 6.45) is 6.36. The van der Waals surface area contributed by atoms with E-state index in [4.69, 9.17) is 10.5 Å². The predicted molar refractivity (Wildman–Crippen MR) is 66.6 cm³/mol. The first-order valence-electron chi connectivity index (χ1n) is 6.21. The maximum atomic E-state index is 6.53. The molecule has 4 nitrogen and oxygen atoms in total. The van der Waals surface area contributed by atoms with Crippen LogP contribution in [-0.4, -0.2) is 17.1 Å². The fourth-order valence-electron chi connectivity index (χ4n) is 2.68. The van der Waals surface area contributed by atoms with Crippen LogP contribution in [0, 0.1) is 11.8 Å². The highest BCUT2D eigenvalue weighted by Gasteiger charge is 2.39. The molecule has 0 radical (unpaired) electrons. The molecule has 2 rings (SSSR count). The van der Waals surface area contributed by atoms with Gasteiger partial charge in [0.1, 0.15) is 5.69 Å². The number of rotatable bonds is 2. The summed E-state index contributed by atoms with van der Waals surface area (Å²) in [7, 11) is 1.62. The molecule has 94 valence electrons. The second kappa shape index (κ2) is 4.61. The first-order valence-corrected chi connectivity index (χ1v) is 6.21. The van der Waals surface area contributed by atoms with E-state index in [9.17, 15) is 0 Å². The Morgan fingerprint density at radius 3 is 2.65 bits per heavy atom. The van der Waals surface area contributed by atoms with Crippen LogP contribution in [-0.2, 0) is 5.54 Å². The van der Waals surface area contributed by atoms with Gasteiger partial charge in [0.15, 0.2) is 0 Å². The van der Waals surface area contributed by atoms with Crippen molar-refractivity contribution in [3.63, 3.8) is 0 Å². The Morgan fingerprint density at radius 2 is 2.00 bits per heavy atom. The highest BCUT2D eigenvalue weighted by molar-refractivity contribution is 5.26. The summed E-state index contributed by atoms with van der Waals surface area (Å²) >= 11 is 0. The number of nitrogens with zero attached hydrogens (tertiary/aromatic N) is 2. The molecular formula is C13H21N3O. The molecule has 2 N–H and O–H groups in total. The molecule has 0 saturated heterocycles. The third-order valence-corrected chi connectivity index (χ3v) is 4.03. The molecule has 1 aliphatic rings. The zero-order valence-corrected chi connectivity index (χ0v) is 10.8. The van der Waals surface area contributed by atoms with Crippen molar-refractivity contribution in [2.45, 2.75) is 38.6 Å². The SMILES string of the molecule is COc1nccnc1C1(N)CCC(C)C(C)C1. The summed E-state index contributed by atoms with van der Waals surface area (Å²) < 4.78 is 5.27. The topological polar surface area (TPSA) is 61.0 Å². The zero-order valence-electron chi connectivity index (χ0n) is 10.8. The lowest BCUT2D eigenvalue weighted by molar-refractivity contribution is 0.168. The molecule has 0 bridgehead atoms. The van der Waals surface area contributed by atoms with E-state index in [0.717, 1.165) is 30.9 Å². The van der Waals surface area contributed by atoms with Crippen LogP contribution in [0.25, 0.3) is 0 Å². The summed E-state index contributed by atoms with van der Waals surface area (Å²) in [6.45, 7) is 4.55. The fourth-order valence-corrected chi connectivity index (χ4v) is 2.68. The Balaban J connectivity index is 2.32. The first kappa shape index (κ1) is 12.3. The van der Waals surface area contributed by atoms with E-state index in [1.165, 1.54) is 0 Å². The number of hydrogen-bond donors (Lipinski definition) is 1. The largest absolute Gasteiger partial charge is 0.480 e. The second-order valence-electron chi connectivity index (χ2n) is 5.27. The predicted octanol–water partition coefficient (Wildman–Crippen LogP) is 2.10. The van der Waals surface area contributed by atoms with Gasteiger partial charge in [0.25, 0.3) is 0 Å². The van der Waals surface area contributed by atoms with Gasteiger partial charge in [-0.05, 0) is 31.1 Å². The van der Waals surface area contributed by atoms with Crippen LogP contribution in [0.4, 0.5) is 0 Å². The quantitative estimate of drug-likeness (QED) is 0.852. The maximum absolute atomic E-state index is 6.53. The normalized spacial score (nSPS) is 33.4. The standard InChI is InChI=1S/C13H21N3O/c1-9-4-5-13(14,8-10(9)2)11-12(17-3)16-7-6-15-11/h6-7,9-10H,4-5,8,14H2,1-3H3. The number of hydrogen-bond acceptors (Lipinski definition) is 4. The van der Waals surface area contributed by atoms with Crippen molar-refractivity contribution in [2.24, 2.45) is 17.6 Å². The van der Waals surface area contributed by atoms with Gasteiger partial charge < -0.3 is 10.5 Å². The van der Waals surface area contributed by atoms with Gasteiger partial charge in [0.2, 0.25) is 5.88 Å². The number of methoxy groups -OCH3 is 1. The lowest BCUT2D eigenvalue weighted by Gasteiger charge is -2.39. The molecule has 1 saturated carbocycles. The zero-order chi connectivity index (χ0) is 12.5. The third-order valence-electron chi connectivity index (χ3n) is 4.03. The van der Waals surface area contributed by atoms with Crippen LogP contribution in [0.5, 0.6) is 5.88 Å². The summed E-state index contributed by atoms with van der Waals surface area (Å²) in [6, 6.07) is 0. The van der Waals surface area contributed by atoms with E-state index < -0.39 is 0 Å². The Labute approximate surface area is 103 Å². The van der Waals surface area contributed by atoms with Crippen molar-refractivity contribution in [1.29, 1.82) is 0 Å². The van der Waals surface area contributed by atoms with Crippen LogP contribution in [0.3, 0.4) is 0 Å². The summed E-state index contributed by atoms with van der Waals surface area (Å²) in [5, 5.41) is 0. The van der Waals surface area contributed by atoms with Gasteiger partial charge in [-0.15, -0.1) is 0 Å². The first-order chi connectivity index (χ1) is 8.07. The van der Waals surface area contributed by atoms with Crippen LogP contribution in [0.1, 0.15) is 38.8 Å². The molecule has 17 heavy (non-hydrogen) atoms. The molecule has 1 aromatic heterocycles. The van der Waals surface area contributed by atoms with Gasteiger partial charge in [0, 0.05) is 12.4 Å². The molecule has 1 aromatic rings. The van der Waals surface area contributed by atoms with E-state index in [0.29, 0.717) is 11.8 Å². The van der Waals surface area contributed by atoms with E-state index >= 15 is 0 Å². The number of ether oxygens (including phenoxy) is 1. The molecule has 0 spiro atoms. The number of nitrogens with two attached hydrogens (primary N) is 1. The Morgan fingerprint density at radius 1 is 1.29 bits per heavy atom. The minimum atomic E-state index is -0.383. The van der Waals surface area contributed by atoms with Gasteiger partial charge in [-0.3, -0.25) is 4.98 Å². The van der Waals surface area contributed by atoms with Crippen molar-refractivity contribution < 1.29 is 4.74 Å². The Kier molecular flexibility index (Phi) is 3.33. The highest BCUT2D eigenvalue weighted by atomic mass is 16.5. The summed E-state index contributed by atoms with van der Waals surface area (Å²) in [5.41, 5.74) is 6.95. The average Bonchev–Trinajstić information content (AvgIpc) is 2.34. The lowest BCUT2D eigenvalue weighted by Crippen LogP contribution is -2.44. The molecule has 0 aromatic carbocycles. The van der Waals surface area contributed by atoms with Gasteiger partial charge in [-0.2, -0.15) is 0 Å². The van der Waals surface area contributed by atoms with Crippen LogP contribution >= 0.6 is 0 Å². The van der Waals surface area contributed by atoms with E-state index in [1.807, 2.05) is 0 Å². The molecule has 0 amide bonds. The molecule has 3 unspecified atom stereocenters. The molecule has 3 atom stereocenters. The van der Waals surface area contributed by atoms with Crippen molar-refractivity contribution in [1.82, 2.24) is 9.97 Å². The minimum absolute atomic E-state index is 0.383. The smallest absolute Gasteiger partial charge is 0.237 e. The maximum Gasteiger partial charge on any atom is 0.237 e. The van der Waals surface area contributed by atoms with E-state index in [2.05, 4.69) is 23.8 Å². The van der Waals surface area contributed by atoms with Crippen LogP contribution in [0.2, 0.25) is 0 Å². The third kappa shape index (κ3) is 2.27. The molecule has 1 aliphatic carbocycles. The fraction of sp³-hybridized carbons (Fsp3) is 0.692. The summed E-state index contributed by atoms with van der Waals surface area (Å²) in [4.78, 5) is 8.59. The minimum Gasteiger partial charge on any atom is -0.480 e. The van der Waals surface area contributed by atoms with Crippen molar-refractivity contribution in [2.75, 3.05) is 7.11 Å². The van der Waals surface area contributed by atoms with Crippen LogP contribution in [0.15, 0.2) is 12.4 Å². The molecule has 4 heteroatoms. The molecule has 1 fully saturated rings. The average molecular weight is 235 g/mol. The molecular weight excluding hydrogens is 214 g/mol. The van der Waals surface area contributed by atoms with E-state index in [-0.39, 0.29) is 5.54 Å². The lowest BCUT2D eigenvalue weighted by atomic mass is 9.70. The van der Waals surface area contributed by atoms with Gasteiger partial charge in [-0.1, -0.05) is 13.8 Å². The van der Waals surface area contributed by atoms with E-state index in [1.54, 1.807) is 19.5 Å². The highest BCUT2D eigenvalue weighted by Crippen LogP contribution is 2.41. The van der Waals surface area contributed by atoms with Crippen molar-refractivity contribution in [3.8, 4) is 5.88 Å². The van der Waals surface area contributed by atoms with Gasteiger partial charge in [-0.25, -0.2) is 4.98 Å². The van der Waals surface area contributed by atoms with Gasteiger partial charge >= 0.3 is 0 Å². The van der Waals surface area contributed by atoms with Gasteiger partial charge in [0.05, 0.1) is 12.6 Å². The number of aromatic nitrogens is 2. The monoisotopic (exact) mass is 235 g/mol. The Hall–Kier alpha value is -1.16. The summed E-state index contributed by atoms with van der Waals surface area (Å²) in [5.74, 6) is 1.91. The second-order valence-corrected chi connectivity index (χ2v) is 5.27. The van der Waals surface area contributed by atoms with Crippen molar-refractivity contribution >= 4 is 0 Å². The Bertz CT molecular complexity index is 396.